The van der Waals surface area contributed by atoms with Crippen LogP contribution in [0, 0.1) is 0 Å². The van der Waals surface area contributed by atoms with Crippen LogP contribution in [-0.2, 0) is 12.0 Å². The van der Waals surface area contributed by atoms with Gasteiger partial charge in [-0.3, -0.25) is 0 Å². The standard InChI is InChI=1S/C14H19N3O/c1-4-15-14(2,3)13-16-12(17-18-13)10-11-8-6-5-7-9-11/h5-9,15H,4,10H2,1-3H3. The third-order valence-electron chi connectivity index (χ3n) is 2.83. The summed E-state index contributed by atoms with van der Waals surface area (Å²) in [6.07, 6.45) is 0.701. The molecule has 0 aliphatic heterocycles. The van der Waals surface area contributed by atoms with Crippen LogP contribution in [0.4, 0.5) is 0 Å². The quantitative estimate of drug-likeness (QED) is 0.879. The van der Waals surface area contributed by atoms with Crippen molar-refractivity contribution in [3.8, 4) is 0 Å². The summed E-state index contributed by atoms with van der Waals surface area (Å²) in [5.41, 5.74) is 0.905. The van der Waals surface area contributed by atoms with E-state index in [1.807, 2.05) is 32.0 Å². The first-order valence-electron chi connectivity index (χ1n) is 6.24. The van der Waals surface area contributed by atoms with Crippen LogP contribution in [0.2, 0.25) is 0 Å². The minimum absolute atomic E-state index is 0.281. The van der Waals surface area contributed by atoms with Crippen LogP contribution in [0.15, 0.2) is 34.9 Å². The summed E-state index contributed by atoms with van der Waals surface area (Å²) in [7, 11) is 0. The van der Waals surface area contributed by atoms with Gasteiger partial charge in [0.05, 0.1) is 5.54 Å². The Kier molecular flexibility index (Phi) is 3.77. The molecule has 0 unspecified atom stereocenters. The van der Waals surface area contributed by atoms with Crippen molar-refractivity contribution < 1.29 is 4.52 Å². The topological polar surface area (TPSA) is 51.0 Å². The molecule has 0 bridgehead atoms. The van der Waals surface area contributed by atoms with Crippen molar-refractivity contribution in [2.45, 2.75) is 32.7 Å². The largest absolute Gasteiger partial charge is 0.337 e. The number of nitrogens with one attached hydrogen (secondary N) is 1. The highest BCUT2D eigenvalue weighted by molar-refractivity contribution is 5.18. The van der Waals surface area contributed by atoms with Gasteiger partial charge in [0.1, 0.15) is 0 Å². The lowest BCUT2D eigenvalue weighted by Crippen LogP contribution is -2.36. The van der Waals surface area contributed by atoms with Gasteiger partial charge in [-0.05, 0) is 26.0 Å². The highest BCUT2D eigenvalue weighted by atomic mass is 16.5. The molecule has 0 spiro atoms. The Morgan fingerprint density at radius 2 is 1.94 bits per heavy atom. The fourth-order valence-electron chi connectivity index (χ4n) is 1.88. The van der Waals surface area contributed by atoms with E-state index in [2.05, 4.69) is 34.5 Å². The Morgan fingerprint density at radius 3 is 2.61 bits per heavy atom. The highest BCUT2D eigenvalue weighted by Gasteiger charge is 2.26. The maximum atomic E-state index is 5.33. The lowest BCUT2D eigenvalue weighted by Gasteiger charge is -2.20. The van der Waals surface area contributed by atoms with E-state index in [1.165, 1.54) is 5.56 Å². The Balaban J connectivity index is 2.11. The fourth-order valence-corrected chi connectivity index (χ4v) is 1.88. The van der Waals surface area contributed by atoms with Crippen LogP contribution in [0.25, 0.3) is 0 Å². The Hall–Kier alpha value is -1.68. The molecule has 1 heterocycles. The molecule has 0 amide bonds. The Bertz CT molecular complexity index is 491. The smallest absolute Gasteiger partial charge is 0.246 e. The second kappa shape index (κ2) is 5.31. The molecule has 2 rings (SSSR count). The zero-order valence-electron chi connectivity index (χ0n) is 11.1. The summed E-state index contributed by atoms with van der Waals surface area (Å²) < 4.78 is 5.33. The van der Waals surface area contributed by atoms with E-state index in [0.29, 0.717) is 12.3 Å². The van der Waals surface area contributed by atoms with Gasteiger partial charge in [0.15, 0.2) is 5.82 Å². The van der Waals surface area contributed by atoms with E-state index in [1.54, 1.807) is 0 Å². The third-order valence-corrected chi connectivity index (χ3v) is 2.83. The average molecular weight is 245 g/mol. The number of benzene rings is 1. The Morgan fingerprint density at radius 1 is 1.22 bits per heavy atom. The lowest BCUT2D eigenvalue weighted by molar-refractivity contribution is 0.271. The van der Waals surface area contributed by atoms with Crippen molar-refractivity contribution in [1.82, 2.24) is 15.5 Å². The molecule has 1 aromatic carbocycles. The Labute approximate surface area is 107 Å². The van der Waals surface area contributed by atoms with E-state index in [4.69, 9.17) is 4.52 Å². The van der Waals surface area contributed by atoms with Crippen molar-refractivity contribution in [2.24, 2.45) is 0 Å². The summed E-state index contributed by atoms with van der Waals surface area (Å²) in [5.74, 6) is 1.36. The molecule has 2 aromatic rings. The van der Waals surface area contributed by atoms with Crippen LogP contribution in [0.5, 0.6) is 0 Å². The molecule has 0 saturated heterocycles. The summed E-state index contributed by atoms with van der Waals surface area (Å²) in [6, 6.07) is 10.1. The highest BCUT2D eigenvalue weighted by Crippen LogP contribution is 2.18. The molecule has 0 atom stereocenters. The molecule has 0 saturated carbocycles. The van der Waals surface area contributed by atoms with Gasteiger partial charge in [-0.2, -0.15) is 4.98 Å². The summed E-state index contributed by atoms with van der Waals surface area (Å²) in [5, 5.41) is 7.35. The number of hydrogen-bond acceptors (Lipinski definition) is 4. The molecular weight excluding hydrogens is 226 g/mol. The lowest BCUT2D eigenvalue weighted by atomic mass is 10.1. The van der Waals surface area contributed by atoms with Gasteiger partial charge >= 0.3 is 0 Å². The van der Waals surface area contributed by atoms with Gasteiger partial charge in [0.25, 0.3) is 0 Å². The SMILES string of the molecule is CCNC(C)(C)c1nc(Cc2ccccc2)no1. The van der Waals surface area contributed by atoms with Crippen LogP contribution < -0.4 is 5.32 Å². The maximum absolute atomic E-state index is 5.33. The van der Waals surface area contributed by atoms with Gasteiger partial charge in [0, 0.05) is 6.42 Å². The molecule has 0 fully saturated rings. The molecule has 18 heavy (non-hydrogen) atoms. The second-order valence-electron chi connectivity index (χ2n) is 4.83. The minimum Gasteiger partial charge on any atom is -0.337 e. The van der Waals surface area contributed by atoms with Gasteiger partial charge in [-0.1, -0.05) is 42.4 Å². The summed E-state index contributed by atoms with van der Waals surface area (Å²) in [6.45, 7) is 7.00. The number of hydrogen-bond donors (Lipinski definition) is 1. The first-order chi connectivity index (χ1) is 8.62. The van der Waals surface area contributed by atoms with Crippen molar-refractivity contribution in [1.29, 1.82) is 0 Å². The van der Waals surface area contributed by atoms with Gasteiger partial charge in [0.2, 0.25) is 5.89 Å². The predicted molar refractivity (Wildman–Crippen MR) is 70.2 cm³/mol. The van der Waals surface area contributed by atoms with Gasteiger partial charge in [-0.15, -0.1) is 0 Å². The van der Waals surface area contributed by atoms with Crippen molar-refractivity contribution in [3.05, 3.63) is 47.6 Å². The van der Waals surface area contributed by atoms with Crippen LogP contribution in [0.3, 0.4) is 0 Å². The van der Waals surface area contributed by atoms with Crippen molar-refractivity contribution in [3.63, 3.8) is 0 Å². The summed E-state index contributed by atoms with van der Waals surface area (Å²) in [4.78, 5) is 4.46. The molecule has 4 heteroatoms. The average Bonchev–Trinajstić information content (AvgIpc) is 2.79. The van der Waals surface area contributed by atoms with E-state index in [0.717, 1.165) is 12.4 Å². The maximum Gasteiger partial charge on any atom is 0.246 e. The molecule has 0 aliphatic rings. The van der Waals surface area contributed by atoms with Gasteiger partial charge in [-0.25, -0.2) is 0 Å². The van der Waals surface area contributed by atoms with E-state index in [-0.39, 0.29) is 5.54 Å². The van der Waals surface area contributed by atoms with Crippen molar-refractivity contribution in [2.75, 3.05) is 6.54 Å². The monoisotopic (exact) mass is 245 g/mol. The van der Waals surface area contributed by atoms with Crippen LogP contribution >= 0.6 is 0 Å². The molecular formula is C14H19N3O. The first kappa shape index (κ1) is 12.8. The number of nitrogens with zero attached hydrogens (tertiary/aromatic N) is 2. The van der Waals surface area contributed by atoms with Crippen LogP contribution in [-0.4, -0.2) is 16.7 Å². The predicted octanol–water partition coefficient (Wildman–Crippen LogP) is 2.51. The van der Waals surface area contributed by atoms with E-state index in [9.17, 15) is 0 Å². The normalized spacial score (nSPS) is 11.7. The van der Waals surface area contributed by atoms with E-state index < -0.39 is 0 Å². The summed E-state index contributed by atoms with van der Waals surface area (Å²) >= 11 is 0. The van der Waals surface area contributed by atoms with Gasteiger partial charge < -0.3 is 9.84 Å². The number of rotatable bonds is 5. The molecule has 0 aliphatic carbocycles. The van der Waals surface area contributed by atoms with Crippen LogP contribution in [0.1, 0.15) is 38.0 Å². The fraction of sp³-hybridized carbons (Fsp3) is 0.429. The molecule has 4 nitrogen and oxygen atoms in total. The first-order valence-corrected chi connectivity index (χ1v) is 6.24. The minimum atomic E-state index is -0.281. The van der Waals surface area contributed by atoms with E-state index >= 15 is 0 Å². The van der Waals surface area contributed by atoms with Crippen molar-refractivity contribution >= 4 is 0 Å². The molecule has 1 N–H and O–H groups in total. The third kappa shape index (κ3) is 2.96. The molecule has 1 aromatic heterocycles. The zero-order valence-corrected chi connectivity index (χ0v) is 11.1. The zero-order chi connectivity index (χ0) is 13.0. The molecule has 96 valence electrons. The molecule has 0 radical (unpaired) electrons. The number of aromatic nitrogens is 2. The second-order valence-corrected chi connectivity index (χ2v) is 4.83.